The van der Waals surface area contributed by atoms with Gasteiger partial charge in [-0.2, -0.15) is 5.10 Å². The first-order valence-corrected chi connectivity index (χ1v) is 7.94. The van der Waals surface area contributed by atoms with E-state index in [1.54, 1.807) is 31.5 Å². The van der Waals surface area contributed by atoms with Crippen molar-refractivity contribution in [1.82, 2.24) is 24.9 Å². The van der Waals surface area contributed by atoms with Gasteiger partial charge in [-0.15, -0.1) is 0 Å². The zero-order valence-corrected chi connectivity index (χ0v) is 14.0. The molecule has 0 saturated carbocycles. The Morgan fingerprint density at radius 3 is 3.00 bits per heavy atom. The van der Waals surface area contributed by atoms with Gasteiger partial charge in [0.25, 0.3) is 0 Å². The summed E-state index contributed by atoms with van der Waals surface area (Å²) in [4.78, 5) is 31.0. The molecule has 1 unspecified atom stereocenters. The minimum absolute atomic E-state index is 0.256. The van der Waals surface area contributed by atoms with Crippen LogP contribution in [0.15, 0.2) is 36.9 Å². The van der Waals surface area contributed by atoms with Crippen molar-refractivity contribution in [1.29, 1.82) is 0 Å². The van der Waals surface area contributed by atoms with Gasteiger partial charge < -0.3 is 25.5 Å². The second-order valence-electron chi connectivity index (χ2n) is 5.33. The second kappa shape index (κ2) is 7.66. The zero-order valence-electron chi connectivity index (χ0n) is 14.0. The van der Waals surface area contributed by atoms with Gasteiger partial charge in [-0.25, -0.2) is 19.1 Å². The summed E-state index contributed by atoms with van der Waals surface area (Å²) < 4.78 is 6.50. The van der Waals surface area contributed by atoms with Gasteiger partial charge in [0.05, 0.1) is 24.9 Å². The molecule has 0 aliphatic carbocycles. The topological polar surface area (TPSA) is 134 Å². The number of aliphatic hydroxyl groups excluding tert-OH is 1. The number of ether oxygens (including phenoxy) is 1. The van der Waals surface area contributed by atoms with Crippen LogP contribution in [0.2, 0.25) is 0 Å². The summed E-state index contributed by atoms with van der Waals surface area (Å²) in [5.74, 6) is -0.0410. The lowest BCUT2D eigenvalue weighted by Crippen LogP contribution is -2.35. The number of aromatic amines is 1. The highest BCUT2D eigenvalue weighted by molar-refractivity contribution is 5.98. The molecule has 3 aromatic heterocycles. The summed E-state index contributed by atoms with van der Waals surface area (Å²) in [6, 6.07) is 2.05. The van der Waals surface area contributed by atoms with Gasteiger partial charge in [0.15, 0.2) is 0 Å². The van der Waals surface area contributed by atoms with Gasteiger partial charge in [0.1, 0.15) is 17.4 Å². The summed E-state index contributed by atoms with van der Waals surface area (Å²) in [5, 5.41) is 18.8. The maximum atomic E-state index is 12.2. The van der Waals surface area contributed by atoms with Crippen LogP contribution in [0.1, 0.15) is 29.1 Å². The van der Waals surface area contributed by atoms with Crippen LogP contribution in [0.25, 0.3) is 5.52 Å². The summed E-state index contributed by atoms with van der Waals surface area (Å²) in [6.45, 7) is 1.67. The number of fused-ring (bicyclic) bond motifs is 1. The molecule has 2 amide bonds. The van der Waals surface area contributed by atoms with E-state index >= 15 is 0 Å². The Morgan fingerprint density at radius 1 is 1.46 bits per heavy atom. The number of rotatable bonds is 6. The number of pyridine rings is 1. The van der Waals surface area contributed by atoms with Crippen LogP contribution in [0.3, 0.4) is 0 Å². The van der Waals surface area contributed by atoms with Crippen molar-refractivity contribution in [2.24, 2.45) is 0 Å². The minimum atomic E-state index is -0.668. The van der Waals surface area contributed by atoms with Gasteiger partial charge in [-0.05, 0) is 19.1 Å². The summed E-state index contributed by atoms with van der Waals surface area (Å²) in [7, 11) is 0. The molecular formula is C16H18N6O4. The third kappa shape index (κ3) is 3.64. The van der Waals surface area contributed by atoms with Crippen molar-refractivity contribution in [3.8, 4) is 0 Å². The quantitative estimate of drug-likeness (QED) is 0.487. The van der Waals surface area contributed by atoms with Gasteiger partial charge in [0, 0.05) is 24.3 Å². The number of hydrogen-bond acceptors (Lipinski definition) is 6. The molecule has 10 nitrogen and oxygen atoms in total. The number of aliphatic hydroxyl groups is 1. The molecule has 0 spiro atoms. The largest absolute Gasteiger partial charge is 0.462 e. The third-order valence-corrected chi connectivity index (χ3v) is 3.61. The van der Waals surface area contributed by atoms with Crippen LogP contribution in [0.4, 0.5) is 10.5 Å². The Kier molecular flexibility index (Phi) is 5.13. The van der Waals surface area contributed by atoms with Crippen molar-refractivity contribution in [3.05, 3.63) is 48.3 Å². The van der Waals surface area contributed by atoms with Gasteiger partial charge in [0.2, 0.25) is 0 Å². The van der Waals surface area contributed by atoms with Crippen LogP contribution >= 0.6 is 0 Å². The van der Waals surface area contributed by atoms with Crippen molar-refractivity contribution < 1.29 is 19.4 Å². The number of esters is 1. The van der Waals surface area contributed by atoms with Crippen molar-refractivity contribution in [2.75, 3.05) is 18.5 Å². The number of urea groups is 1. The lowest BCUT2D eigenvalue weighted by Gasteiger charge is -2.14. The number of H-pyrrole nitrogens is 1. The molecule has 3 heterocycles. The molecule has 0 aliphatic rings. The number of anilines is 1. The molecule has 136 valence electrons. The van der Waals surface area contributed by atoms with E-state index in [0.717, 1.165) is 0 Å². The molecule has 0 aromatic carbocycles. The van der Waals surface area contributed by atoms with Crippen LogP contribution in [0.5, 0.6) is 0 Å². The normalized spacial score (nSPS) is 11.9. The van der Waals surface area contributed by atoms with E-state index in [1.807, 2.05) is 0 Å². The standard InChI is InChI=1S/C16H18N6O4/c1-2-26-15(24)11-8-19-22-6-3-10(7-13(11)22)20-16(25)21-12(9-23)14-17-4-5-18-14/h3-8,12,23H,2,9H2,1H3,(H,17,18)(H2,20,21,25). The van der Waals surface area contributed by atoms with Gasteiger partial charge in [-0.3, -0.25) is 0 Å². The lowest BCUT2D eigenvalue weighted by atomic mass is 10.2. The van der Waals surface area contributed by atoms with Gasteiger partial charge in [-0.1, -0.05) is 0 Å². The number of hydrogen-bond donors (Lipinski definition) is 4. The Morgan fingerprint density at radius 2 is 2.31 bits per heavy atom. The highest BCUT2D eigenvalue weighted by Crippen LogP contribution is 2.17. The van der Waals surface area contributed by atoms with Crippen molar-refractivity contribution in [2.45, 2.75) is 13.0 Å². The molecule has 4 N–H and O–H groups in total. The van der Waals surface area contributed by atoms with Gasteiger partial charge >= 0.3 is 12.0 Å². The Labute approximate surface area is 148 Å². The number of nitrogens with zero attached hydrogens (tertiary/aromatic N) is 3. The van der Waals surface area contributed by atoms with E-state index < -0.39 is 18.0 Å². The maximum absolute atomic E-state index is 12.2. The fourth-order valence-electron chi connectivity index (χ4n) is 2.42. The average Bonchev–Trinajstić information content (AvgIpc) is 3.29. The van der Waals surface area contributed by atoms with Crippen molar-refractivity contribution in [3.63, 3.8) is 0 Å². The molecule has 0 aliphatic heterocycles. The number of nitrogens with one attached hydrogen (secondary N) is 3. The number of amides is 2. The van der Waals surface area contributed by atoms with E-state index in [9.17, 15) is 14.7 Å². The summed E-state index contributed by atoms with van der Waals surface area (Å²) in [5.41, 5.74) is 1.27. The predicted octanol–water partition coefficient (Wildman–Crippen LogP) is 1.09. The zero-order chi connectivity index (χ0) is 18.5. The van der Waals surface area contributed by atoms with Crippen molar-refractivity contribution >= 4 is 23.2 Å². The Hall–Kier alpha value is -3.40. The first-order chi connectivity index (χ1) is 12.6. The number of imidazole rings is 1. The average molecular weight is 358 g/mol. The third-order valence-electron chi connectivity index (χ3n) is 3.61. The molecule has 0 bridgehead atoms. The number of carbonyl (C=O) groups is 2. The molecule has 0 fully saturated rings. The van der Waals surface area contributed by atoms with Crippen LogP contribution in [-0.2, 0) is 4.74 Å². The summed E-state index contributed by atoms with van der Waals surface area (Å²) >= 11 is 0. The smallest absolute Gasteiger partial charge is 0.341 e. The maximum Gasteiger partial charge on any atom is 0.341 e. The van der Waals surface area contributed by atoms with Crippen LogP contribution in [0, 0.1) is 0 Å². The van der Waals surface area contributed by atoms with E-state index in [2.05, 4.69) is 25.7 Å². The predicted molar refractivity (Wildman–Crippen MR) is 91.7 cm³/mol. The Balaban J connectivity index is 1.74. The second-order valence-corrected chi connectivity index (χ2v) is 5.33. The van der Waals surface area contributed by atoms with Crippen LogP contribution < -0.4 is 10.6 Å². The highest BCUT2D eigenvalue weighted by atomic mass is 16.5. The monoisotopic (exact) mass is 358 g/mol. The number of aromatic nitrogens is 4. The molecule has 0 saturated heterocycles. The minimum Gasteiger partial charge on any atom is -0.462 e. The summed E-state index contributed by atoms with van der Waals surface area (Å²) in [6.07, 6.45) is 6.16. The lowest BCUT2D eigenvalue weighted by molar-refractivity contribution is 0.0528. The van der Waals surface area contributed by atoms with E-state index in [4.69, 9.17) is 4.74 Å². The fourth-order valence-corrected chi connectivity index (χ4v) is 2.42. The first kappa shape index (κ1) is 17.4. The first-order valence-electron chi connectivity index (χ1n) is 7.94. The van der Waals surface area contributed by atoms with E-state index in [1.165, 1.54) is 16.9 Å². The highest BCUT2D eigenvalue weighted by Gasteiger charge is 2.17. The molecule has 10 heteroatoms. The van der Waals surface area contributed by atoms with E-state index in [-0.39, 0.29) is 13.2 Å². The molecule has 3 aromatic rings. The number of carbonyl (C=O) groups excluding carboxylic acids is 2. The molecule has 1 atom stereocenters. The fraction of sp³-hybridized carbons (Fsp3) is 0.250. The van der Waals surface area contributed by atoms with Crippen LogP contribution in [-0.4, -0.2) is 49.9 Å². The molecule has 3 rings (SSSR count). The molecule has 0 radical (unpaired) electrons. The SMILES string of the molecule is CCOC(=O)c1cnn2ccc(NC(=O)NC(CO)c3ncc[nH]3)cc12. The Bertz CT molecular complexity index is 905. The van der Waals surface area contributed by atoms with E-state index in [0.29, 0.717) is 22.6 Å². The molecular weight excluding hydrogens is 340 g/mol. The molecule has 26 heavy (non-hydrogen) atoms.